The van der Waals surface area contributed by atoms with Crippen molar-refractivity contribution in [3.05, 3.63) is 77.9 Å². The van der Waals surface area contributed by atoms with Crippen molar-refractivity contribution >= 4 is 20.8 Å². The Hall–Kier alpha value is -2.35. The van der Waals surface area contributed by atoms with Gasteiger partial charge in [-0.25, -0.2) is 17.2 Å². The van der Waals surface area contributed by atoms with Crippen molar-refractivity contribution in [1.82, 2.24) is 4.31 Å². The number of nitrogens with zero attached hydrogens (tertiary/aromatic N) is 1. The van der Waals surface area contributed by atoms with Crippen LogP contribution in [0.15, 0.2) is 65.6 Å². The maximum atomic E-state index is 13.4. The molecular weight excluding hydrogens is 382 g/mol. The Morgan fingerprint density at radius 3 is 2.36 bits per heavy atom. The van der Waals surface area contributed by atoms with Gasteiger partial charge in [-0.1, -0.05) is 42.5 Å². The average molecular weight is 403 g/mol. The summed E-state index contributed by atoms with van der Waals surface area (Å²) in [5, 5.41) is 2.41. The molecule has 1 heterocycles. The van der Waals surface area contributed by atoms with Crippen molar-refractivity contribution in [3.63, 3.8) is 0 Å². The Labute approximate surface area is 163 Å². The molecule has 4 nitrogen and oxygen atoms in total. The van der Waals surface area contributed by atoms with Gasteiger partial charge in [0.05, 0.1) is 31.1 Å². The number of piperazine rings is 1. The summed E-state index contributed by atoms with van der Waals surface area (Å²) in [5.74, 6) is -2.20. The predicted molar refractivity (Wildman–Crippen MR) is 103 cm³/mol. The summed E-state index contributed by atoms with van der Waals surface area (Å²) >= 11 is 0. The smallest absolute Gasteiger partial charge is 0.243 e. The Balaban J connectivity index is 1.46. The highest BCUT2D eigenvalue weighted by molar-refractivity contribution is 7.89. The Morgan fingerprint density at radius 1 is 0.893 bits per heavy atom. The van der Waals surface area contributed by atoms with E-state index in [9.17, 15) is 17.2 Å². The molecule has 0 bridgehead atoms. The number of halogens is 2. The van der Waals surface area contributed by atoms with E-state index in [2.05, 4.69) is 24.3 Å². The molecule has 0 amide bonds. The van der Waals surface area contributed by atoms with Gasteiger partial charge in [-0.15, -0.1) is 0 Å². The minimum Gasteiger partial charge on any atom is -0.329 e. The lowest BCUT2D eigenvalue weighted by Crippen LogP contribution is -3.13. The van der Waals surface area contributed by atoms with Crippen molar-refractivity contribution in [2.45, 2.75) is 11.4 Å². The number of sulfonamides is 1. The zero-order chi connectivity index (χ0) is 19.7. The van der Waals surface area contributed by atoms with Gasteiger partial charge in [0.25, 0.3) is 0 Å². The van der Waals surface area contributed by atoms with Crippen LogP contribution in [0.25, 0.3) is 10.8 Å². The molecule has 1 aliphatic heterocycles. The number of benzene rings is 3. The number of hydrogen-bond acceptors (Lipinski definition) is 2. The van der Waals surface area contributed by atoms with Crippen LogP contribution in [0.1, 0.15) is 5.56 Å². The Morgan fingerprint density at radius 2 is 1.61 bits per heavy atom. The van der Waals surface area contributed by atoms with Gasteiger partial charge in [-0.2, -0.15) is 4.31 Å². The van der Waals surface area contributed by atoms with Gasteiger partial charge < -0.3 is 4.90 Å². The van der Waals surface area contributed by atoms with Crippen molar-refractivity contribution in [2.75, 3.05) is 26.2 Å². The molecule has 146 valence electrons. The third-order valence-electron chi connectivity index (χ3n) is 5.28. The first-order valence-electron chi connectivity index (χ1n) is 9.20. The largest absolute Gasteiger partial charge is 0.329 e. The molecule has 1 saturated heterocycles. The van der Waals surface area contributed by atoms with Crippen LogP contribution in [0, 0.1) is 11.6 Å². The van der Waals surface area contributed by atoms with Crippen LogP contribution in [0.2, 0.25) is 0 Å². The fourth-order valence-electron chi connectivity index (χ4n) is 3.72. The lowest BCUT2D eigenvalue weighted by molar-refractivity contribution is -0.917. The first-order chi connectivity index (χ1) is 13.4. The van der Waals surface area contributed by atoms with E-state index in [4.69, 9.17) is 0 Å². The minimum atomic E-state index is -3.82. The van der Waals surface area contributed by atoms with Crippen LogP contribution in [-0.4, -0.2) is 38.9 Å². The van der Waals surface area contributed by atoms with Crippen molar-refractivity contribution < 1.29 is 22.1 Å². The Kier molecular flexibility index (Phi) is 5.14. The number of rotatable bonds is 4. The SMILES string of the molecule is O=S(=O)(c1ccc(F)c(F)c1)N1CC[NH+](Cc2cccc3ccccc23)CC1. The van der Waals surface area contributed by atoms with Crippen molar-refractivity contribution in [3.8, 4) is 0 Å². The highest BCUT2D eigenvalue weighted by Gasteiger charge is 2.31. The van der Waals surface area contributed by atoms with Crippen LogP contribution in [0.4, 0.5) is 8.78 Å². The standard InChI is InChI=1S/C21H20F2N2O2S/c22-20-9-8-18(14-21(20)23)28(26,27)25-12-10-24(11-13-25)15-17-6-3-5-16-4-1-2-7-19(16)17/h1-9,14H,10-13,15H2/p+1. The molecule has 0 aliphatic carbocycles. The summed E-state index contributed by atoms with van der Waals surface area (Å²) < 4.78 is 53.3. The van der Waals surface area contributed by atoms with E-state index in [1.807, 2.05) is 18.2 Å². The molecule has 7 heteroatoms. The number of nitrogens with one attached hydrogen (secondary N) is 1. The highest BCUT2D eigenvalue weighted by Crippen LogP contribution is 2.19. The van der Waals surface area contributed by atoms with E-state index in [1.54, 1.807) is 0 Å². The zero-order valence-corrected chi connectivity index (χ0v) is 16.1. The van der Waals surface area contributed by atoms with Crippen molar-refractivity contribution in [2.24, 2.45) is 0 Å². The van der Waals surface area contributed by atoms with E-state index in [0.717, 1.165) is 24.7 Å². The molecule has 0 spiro atoms. The maximum Gasteiger partial charge on any atom is 0.243 e. The molecule has 1 fully saturated rings. The first kappa shape index (κ1) is 19.0. The average Bonchev–Trinajstić information content (AvgIpc) is 2.71. The van der Waals surface area contributed by atoms with Gasteiger partial charge in [-0.3, -0.25) is 0 Å². The van der Waals surface area contributed by atoms with Gasteiger partial charge >= 0.3 is 0 Å². The monoisotopic (exact) mass is 403 g/mol. The van der Waals surface area contributed by atoms with E-state index in [-0.39, 0.29) is 4.90 Å². The molecule has 1 aliphatic rings. The lowest BCUT2D eigenvalue weighted by Gasteiger charge is -2.31. The maximum absolute atomic E-state index is 13.4. The molecule has 3 aromatic carbocycles. The first-order valence-corrected chi connectivity index (χ1v) is 10.6. The second kappa shape index (κ2) is 7.58. The summed E-state index contributed by atoms with van der Waals surface area (Å²) in [6.45, 7) is 2.83. The molecule has 0 unspecified atom stereocenters. The number of fused-ring (bicyclic) bond motifs is 1. The molecule has 0 aromatic heterocycles. The summed E-state index contributed by atoms with van der Waals surface area (Å²) in [4.78, 5) is 1.09. The lowest BCUT2D eigenvalue weighted by atomic mass is 10.0. The van der Waals surface area contributed by atoms with Crippen LogP contribution < -0.4 is 4.90 Å². The molecule has 0 atom stereocenters. The predicted octanol–water partition coefficient (Wildman–Crippen LogP) is 2.21. The third kappa shape index (κ3) is 3.65. The van der Waals surface area contributed by atoms with Gasteiger partial charge in [0.2, 0.25) is 10.0 Å². The van der Waals surface area contributed by atoms with Crippen LogP contribution in [0.3, 0.4) is 0 Å². The van der Waals surface area contributed by atoms with Crippen LogP contribution in [0.5, 0.6) is 0 Å². The fourth-order valence-corrected chi connectivity index (χ4v) is 5.18. The molecule has 28 heavy (non-hydrogen) atoms. The molecule has 4 rings (SSSR count). The zero-order valence-electron chi connectivity index (χ0n) is 15.2. The summed E-state index contributed by atoms with van der Waals surface area (Å²) in [7, 11) is -3.82. The number of quaternary nitrogens is 1. The van der Waals surface area contributed by atoms with Crippen LogP contribution >= 0.6 is 0 Å². The highest BCUT2D eigenvalue weighted by atomic mass is 32.2. The molecule has 1 N–H and O–H groups in total. The summed E-state index contributed by atoms with van der Waals surface area (Å²) in [6, 6.07) is 17.2. The van der Waals surface area contributed by atoms with Crippen LogP contribution in [-0.2, 0) is 16.6 Å². The molecular formula is C21H21F2N2O2S+. The van der Waals surface area contributed by atoms with E-state index >= 15 is 0 Å². The minimum absolute atomic E-state index is 0.205. The third-order valence-corrected chi connectivity index (χ3v) is 7.17. The van der Waals surface area contributed by atoms with Crippen molar-refractivity contribution in [1.29, 1.82) is 0 Å². The second-order valence-electron chi connectivity index (χ2n) is 7.05. The van der Waals surface area contributed by atoms with Gasteiger partial charge in [-0.05, 0) is 29.0 Å². The molecule has 0 radical (unpaired) electrons. The fraction of sp³-hybridized carbons (Fsp3) is 0.238. The van der Waals surface area contributed by atoms with E-state index < -0.39 is 21.7 Å². The summed E-state index contributed by atoms with van der Waals surface area (Å²) in [6.07, 6.45) is 0. The van der Waals surface area contributed by atoms with Gasteiger partial charge in [0.15, 0.2) is 11.6 Å². The van der Waals surface area contributed by atoms with E-state index in [1.165, 1.54) is 25.5 Å². The second-order valence-corrected chi connectivity index (χ2v) is 8.98. The molecule has 0 saturated carbocycles. The molecule has 3 aromatic rings. The quantitative estimate of drug-likeness (QED) is 0.726. The van der Waals surface area contributed by atoms with Gasteiger partial charge in [0, 0.05) is 5.56 Å². The van der Waals surface area contributed by atoms with E-state index in [0.29, 0.717) is 26.2 Å². The topological polar surface area (TPSA) is 41.8 Å². The van der Waals surface area contributed by atoms with Gasteiger partial charge in [0.1, 0.15) is 6.54 Å². The summed E-state index contributed by atoms with van der Waals surface area (Å²) in [5.41, 5.74) is 1.24. The normalized spacial score (nSPS) is 16.5. The number of hydrogen-bond donors (Lipinski definition) is 1. The Bertz CT molecular complexity index is 1110.